The molecule has 0 bridgehead atoms. The van der Waals surface area contributed by atoms with Crippen molar-refractivity contribution in [1.82, 2.24) is 19.7 Å². The molecule has 168 valence electrons. The summed E-state index contributed by atoms with van der Waals surface area (Å²) in [5.41, 5.74) is 1.70. The normalized spacial score (nSPS) is 18.6. The second-order valence-corrected chi connectivity index (χ2v) is 9.73. The third kappa shape index (κ3) is 4.94. The zero-order valence-electron chi connectivity index (χ0n) is 18.5. The van der Waals surface area contributed by atoms with Crippen LogP contribution in [-0.2, 0) is 4.79 Å². The molecule has 0 spiro atoms. The molecule has 0 unspecified atom stereocenters. The van der Waals surface area contributed by atoms with Crippen molar-refractivity contribution in [3.63, 3.8) is 0 Å². The smallest absolute Gasteiger partial charge is 0.233 e. The molecular formula is C24H27ClN4O2S. The molecule has 0 radical (unpaired) electrons. The first-order chi connectivity index (χ1) is 15.5. The molecule has 1 fully saturated rings. The van der Waals surface area contributed by atoms with E-state index in [0.29, 0.717) is 39.3 Å². The highest BCUT2D eigenvalue weighted by molar-refractivity contribution is 7.99. The SMILES string of the molecule is COc1ccccc1-c1nnc(SCC(=O)N2C[C@H](C)C[C@@H](C)C2)n1-c1ccc(Cl)cc1. The van der Waals surface area contributed by atoms with Crippen LogP contribution in [0.1, 0.15) is 20.3 Å². The fourth-order valence-electron chi connectivity index (χ4n) is 4.27. The Kier molecular flexibility index (Phi) is 7.06. The van der Waals surface area contributed by atoms with Gasteiger partial charge in [0.1, 0.15) is 5.75 Å². The summed E-state index contributed by atoms with van der Waals surface area (Å²) in [5.74, 6) is 2.87. The third-order valence-electron chi connectivity index (χ3n) is 5.61. The summed E-state index contributed by atoms with van der Waals surface area (Å²) in [6, 6.07) is 15.2. The van der Waals surface area contributed by atoms with Crippen LogP contribution in [0.5, 0.6) is 5.75 Å². The van der Waals surface area contributed by atoms with Gasteiger partial charge in [-0.25, -0.2) is 0 Å². The van der Waals surface area contributed by atoms with Gasteiger partial charge in [0.2, 0.25) is 5.91 Å². The van der Waals surface area contributed by atoms with E-state index >= 15 is 0 Å². The maximum Gasteiger partial charge on any atom is 0.233 e. The Morgan fingerprint density at radius 1 is 1.09 bits per heavy atom. The van der Waals surface area contributed by atoms with Crippen LogP contribution in [0.3, 0.4) is 0 Å². The van der Waals surface area contributed by atoms with Gasteiger partial charge in [0.05, 0.1) is 18.4 Å². The lowest BCUT2D eigenvalue weighted by Gasteiger charge is -2.34. The molecule has 4 rings (SSSR count). The van der Waals surface area contributed by atoms with Gasteiger partial charge < -0.3 is 9.64 Å². The van der Waals surface area contributed by atoms with Crippen LogP contribution < -0.4 is 4.74 Å². The number of piperidine rings is 1. The number of carbonyl (C=O) groups is 1. The van der Waals surface area contributed by atoms with Crippen molar-refractivity contribution in [2.45, 2.75) is 25.4 Å². The summed E-state index contributed by atoms with van der Waals surface area (Å²) in [7, 11) is 1.64. The minimum absolute atomic E-state index is 0.137. The highest BCUT2D eigenvalue weighted by Crippen LogP contribution is 2.33. The number of likely N-dealkylation sites (tertiary alicyclic amines) is 1. The van der Waals surface area contributed by atoms with Crippen LogP contribution in [0.15, 0.2) is 53.7 Å². The summed E-state index contributed by atoms with van der Waals surface area (Å²) in [5, 5.41) is 10.2. The van der Waals surface area contributed by atoms with E-state index in [1.165, 1.54) is 18.2 Å². The molecule has 8 heteroatoms. The van der Waals surface area contributed by atoms with Gasteiger partial charge in [-0.2, -0.15) is 0 Å². The monoisotopic (exact) mass is 470 g/mol. The fourth-order valence-corrected chi connectivity index (χ4v) is 5.25. The molecule has 1 aromatic heterocycles. The number of nitrogens with zero attached hydrogens (tertiary/aromatic N) is 4. The predicted molar refractivity (Wildman–Crippen MR) is 129 cm³/mol. The molecule has 2 aromatic carbocycles. The minimum atomic E-state index is 0.137. The number of benzene rings is 2. The molecule has 0 saturated carbocycles. The van der Waals surface area contributed by atoms with Crippen molar-refractivity contribution in [3.05, 3.63) is 53.6 Å². The number of aromatic nitrogens is 3. The first kappa shape index (κ1) is 22.7. The second-order valence-electron chi connectivity index (χ2n) is 8.35. The molecule has 0 N–H and O–H groups in total. The Hall–Kier alpha value is -2.51. The van der Waals surface area contributed by atoms with E-state index in [9.17, 15) is 4.79 Å². The van der Waals surface area contributed by atoms with E-state index in [2.05, 4.69) is 24.0 Å². The standard InChI is InChI=1S/C24H27ClN4O2S/c1-16-12-17(2)14-28(13-16)22(30)15-32-24-27-26-23(20-6-4-5-7-21(20)31-3)29(24)19-10-8-18(25)9-11-19/h4-11,16-17H,12-15H2,1-3H3/t16-,17-/m1/s1. The number of ether oxygens (including phenoxy) is 1. The maximum absolute atomic E-state index is 12.9. The van der Waals surface area contributed by atoms with Crippen LogP contribution >= 0.6 is 23.4 Å². The average Bonchev–Trinajstić information content (AvgIpc) is 3.21. The number of methoxy groups -OCH3 is 1. The van der Waals surface area contributed by atoms with Gasteiger partial charge in [0.15, 0.2) is 11.0 Å². The molecular weight excluding hydrogens is 444 g/mol. The van der Waals surface area contributed by atoms with Crippen LogP contribution in [0, 0.1) is 11.8 Å². The van der Waals surface area contributed by atoms with Crippen LogP contribution in [-0.4, -0.2) is 51.5 Å². The first-order valence-electron chi connectivity index (χ1n) is 10.7. The lowest BCUT2D eigenvalue weighted by Crippen LogP contribution is -2.43. The summed E-state index contributed by atoms with van der Waals surface area (Å²) in [4.78, 5) is 14.9. The fraction of sp³-hybridized carbons (Fsp3) is 0.375. The van der Waals surface area contributed by atoms with E-state index < -0.39 is 0 Å². The largest absolute Gasteiger partial charge is 0.496 e. The molecule has 2 atom stereocenters. The highest BCUT2D eigenvalue weighted by atomic mass is 35.5. The number of hydrogen-bond donors (Lipinski definition) is 0. The lowest BCUT2D eigenvalue weighted by atomic mass is 9.92. The molecule has 6 nitrogen and oxygen atoms in total. The van der Waals surface area contributed by atoms with Crippen LogP contribution in [0.2, 0.25) is 5.02 Å². The van der Waals surface area contributed by atoms with Gasteiger partial charge in [0, 0.05) is 23.8 Å². The van der Waals surface area contributed by atoms with Crippen molar-refractivity contribution in [2.24, 2.45) is 11.8 Å². The molecule has 1 amide bonds. The number of halogens is 1. The van der Waals surface area contributed by atoms with Crippen molar-refractivity contribution in [1.29, 1.82) is 0 Å². The summed E-state index contributed by atoms with van der Waals surface area (Å²) >= 11 is 7.52. The third-order valence-corrected chi connectivity index (χ3v) is 6.78. The van der Waals surface area contributed by atoms with E-state index in [1.54, 1.807) is 7.11 Å². The van der Waals surface area contributed by atoms with E-state index in [4.69, 9.17) is 16.3 Å². The van der Waals surface area contributed by atoms with Crippen molar-refractivity contribution < 1.29 is 9.53 Å². The maximum atomic E-state index is 12.9. The van der Waals surface area contributed by atoms with Crippen LogP contribution in [0.25, 0.3) is 17.1 Å². The van der Waals surface area contributed by atoms with E-state index in [-0.39, 0.29) is 5.91 Å². The number of para-hydroxylation sites is 1. The van der Waals surface area contributed by atoms with Gasteiger partial charge in [-0.05, 0) is 54.7 Å². The summed E-state index contributed by atoms with van der Waals surface area (Å²) < 4.78 is 7.50. The Morgan fingerprint density at radius 3 is 2.47 bits per heavy atom. The Bertz CT molecular complexity index is 1080. The number of carbonyl (C=O) groups excluding carboxylic acids is 1. The molecule has 0 aliphatic carbocycles. The molecule has 1 saturated heterocycles. The van der Waals surface area contributed by atoms with Crippen molar-refractivity contribution in [3.8, 4) is 22.8 Å². The van der Waals surface area contributed by atoms with Crippen molar-refractivity contribution >= 4 is 29.3 Å². The van der Waals surface area contributed by atoms with Gasteiger partial charge in [-0.3, -0.25) is 9.36 Å². The summed E-state index contributed by atoms with van der Waals surface area (Å²) in [6.07, 6.45) is 1.17. The minimum Gasteiger partial charge on any atom is -0.496 e. The van der Waals surface area contributed by atoms with E-state index in [1.807, 2.05) is 58.0 Å². The van der Waals surface area contributed by atoms with E-state index in [0.717, 1.165) is 24.3 Å². The molecule has 1 aliphatic rings. The first-order valence-corrected chi connectivity index (χ1v) is 12.1. The lowest BCUT2D eigenvalue weighted by molar-refractivity contribution is -0.130. The Morgan fingerprint density at radius 2 is 1.78 bits per heavy atom. The zero-order valence-corrected chi connectivity index (χ0v) is 20.1. The molecule has 2 heterocycles. The Balaban J connectivity index is 1.64. The molecule has 3 aromatic rings. The van der Waals surface area contributed by atoms with Gasteiger partial charge in [-0.1, -0.05) is 49.3 Å². The number of amides is 1. The zero-order chi connectivity index (χ0) is 22.7. The quantitative estimate of drug-likeness (QED) is 0.464. The molecule has 1 aliphatic heterocycles. The predicted octanol–water partition coefficient (Wildman–Crippen LogP) is 5.19. The number of hydrogen-bond acceptors (Lipinski definition) is 5. The molecule has 32 heavy (non-hydrogen) atoms. The van der Waals surface area contributed by atoms with Gasteiger partial charge in [0.25, 0.3) is 0 Å². The summed E-state index contributed by atoms with van der Waals surface area (Å²) in [6.45, 7) is 6.06. The van der Waals surface area contributed by atoms with Crippen molar-refractivity contribution in [2.75, 3.05) is 26.0 Å². The van der Waals surface area contributed by atoms with Gasteiger partial charge in [-0.15, -0.1) is 10.2 Å². The number of rotatable bonds is 6. The second kappa shape index (κ2) is 9.96. The average molecular weight is 471 g/mol. The number of thioether (sulfide) groups is 1. The van der Waals surface area contributed by atoms with Gasteiger partial charge >= 0.3 is 0 Å². The topological polar surface area (TPSA) is 60.3 Å². The Labute approximate surface area is 197 Å². The highest BCUT2D eigenvalue weighted by Gasteiger charge is 2.26. The van der Waals surface area contributed by atoms with Crippen LogP contribution in [0.4, 0.5) is 0 Å².